The summed E-state index contributed by atoms with van der Waals surface area (Å²) in [4.78, 5) is 26.5. The van der Waals surface area contributed by atoms with Gasteiger partial charge < -0.3 is 9.47 Å². The smallest absolute Gasteiger partial charge is 0.363 e. The Hall–Kier alpha value is -3.19. The van der Waals surface area contributed by atoms with Crippen molar-refractivity contribution < 1.29 is 19.2 Å². The zero-order valence-electron chi connectivity index (χ0n) is 13.6. The van der Waals surface area contributed by atoms with Crippen LogP contribution in [-0.2, 0) is 9.53 Å². The third kappa shape index (κ3) is 3.73. The van der Waals surface area contributed by atoms with Crippen LogP contribution in [0.3, 0.4) is 0 Å². The van der Waals surface area contributed by atoms with Gasteiger partial charge in [0, 0.05) is 11.6 Å². The molecule has 0 spiro atoms. The van der Waals surface area contributed by atoms with E-state index >= 15 is 0 Å². The summed E-state index contributed by atoms with van der Waals surface area (Å²) < 4.78 is 10.5. The maximum absolute atomic E-state index is 12.0. The molecule has 0 bridgehead atoms. The Morgan fingerprint density at radius 3 is 2.65 bits per heavy atom. The molecule has 132 valence electrons. The largest absolute Gasteiger partial charge is 0.494 e. The third-order valence-corrected chi connectivity index (χ3v) is 3.82. The number of halogens is 1. The lowest BCUT2D eigenvalue weighted by molar-refractivity contribution is -0.384. The Morgan fingerprint density at radius 2 is 2.00 bits per heavy atom. The Labute approximate surface area is 153 Å². The number of hydrogen-bond donors (Lipinski definition) is 0. The van der Waals surface area contributed by atoms with Gasteiger partial charge in [-0.3, -0.25) is 10.1 Å². The first-order valence-corrected chi connectivity index (χ1v) is 8.05. The Morgan fingerprint density at radius 1 is 1.27 bits per heavy atom. The summed E-state index contributed by atoms with van der Waals surface area (Å²) in [7, 11) is 0. The van der Waals surface area contributed by atoms with Gasteiger partial charge in [-0.15, -0.1) is 0 Å². The number of carbonyl (C=O) groups is 1. The maximum Gasteiger partial charge on any atom is 0.363 e. The Balaban J connectivity index is 1.89. The van der Waals surface area contributed by atoms with E-state index in [4.69, 9.17) is 21.1 Å². The number of benzene rings is 2. The lowest BCUT2D eigenvalue weighted by Gasteiger charge is -2.02. The molecule has 3 rings (SSSR count). The standard InChI is InChI=1S/C18H13ClN2O5/c1-2-25-13-6-3-11(4-7-13)9-15-18(22)26-17(20-15)12-5-8-14(19)16(10-12)21(23)24/h3-10H,2H2,1H3/b15-9-. The number of hydrogen-bond acceptors (Lipinski definition) is 6. The highest BCUT2D eigenvalue weighted by molar-refractivity contribution is 6.32. The van der Waals surface area contributed by atoms with Crippen LogP contribution in [0.1, 0.15) is 18.1 Å². The van der Waals surface area contributed by atoms with Gasteiger partial charge in [-0.2, -0.15) is 0 Å². The molecule has 1 aliphatic heterocycles. The van der Waals surface area contributed by atoms with Gasteiger partial charge in [0.2, 0.25) is 5.90 Å². The van der Waals surface area contributed by atoms with Crippen LogP contribution in [0.2, 0.25) is 5.02 Å². The first-order valence-electron chi connectivity index (χ1n) is 7.67. The molecule has 0 unspecified atom stereocenters. The minimum Gasteiger partial charge on any atom is -0.494 e. The summed E-state index contributed by atoms with van der Waals surface area (Å²) >= 11 is 5.79. The normalized spacial score (nSPS) is 14.9. The lowest BCUT2D eigenvalue weighted by Crippen LogP contribution is -2.06. The van der Waals surface area contributed by atoms with Crippen molar-refractivity contribution in [2.24, 2.45) is 4.99 Å². The third-order valence-electron chi connectivity index (χ3n) is 3.50. The lowest BCUT2D eigenvalue weighted by atomic mass is 10.2. The number of cyclic esters (lactones) is 1. The number of carbonyl (C=O) groups excluding carboxylic acids is 1. The summed E-state index contributed by atoms with van der Waals surface area (Å²) in [5.74, 6) is 0.0831. The Kier molecular flexibility index (Phi) is 4.99. The summed E-state index contributed by atoms with van der Waals surface area (Å²) in [5.41, 5.74) is 0.852. The first-order chi connectivity index (χ1) is 12.5. The highest BCUT2D eigenvalue weighted by atomic mass is 35.5. The number of nitro groups is 1. The van der Waals surface area contributed by atoms with Crippen molar-refractivity contribution in [3.63, 3.8) is 0 Å². The maximum atomic E-state index is 12.0. The van der Waals surface area contributed by atoms with Crippen molar-refractivity contribution in [2.45, 2.75) is 6.92 Å². The van der Waals surface area contributed by atoms with Crippen molar-refractivity contribution in [1.29, 1.82) is 0 Å². The molecule has 0 fully saturated rings. The average Bonchev–Trinajstić information content (AvgIpc) is 2.97. The molecule has 0 atom stereocenters. The summed E-state index contributed by atoms with van der Waals surface area (Å²) in [6.45, 7) is 2.45. The fourth-order valence-electron chi connectivity index (χ4n) is 2.30. The highest BCUT2D eigenvalue weighted by Gasteiger charge is 2.26. The van der Waals surface area contributed by atoms with E-state index in [9.17, 15) is 14.9 Å². The fourth-order valence-corrected chi connectivity index (χ4v) is 2.49. The fraction of sp³-hybridized carbons (Fsp3) is 0.111. The van der Waals surface area contributed by atoms with Crippen LogP contribution in [0.4, 0.5) is 5.69 Å². The van der Waals surface area contributed by atoms with Crippen LogP contribution in [0.25, 0.3) is 6.08 Å². The van der Waals surface area contributed by atoms with Crippen LogP contribution in [0, 0.1) is 10.1 Å². The van der Waals surface area contributed by atoms with Gasteiger partial charge >= 0.3 is 5.97 Å². The predicted molar refractivity (Wildman–Crippen MR) is 96.3 cm³/mol. The van der Waals surface area contributed by atoms with Crippen LogP contribution in [0.5, 0.6) is 5.75 Å². The molecule has 1 heterocycles. The quantitative estimate of drug-likeness (QED) is 0.342. The minimum atomic E-state index is -0.633. The molecular weight excluding hydrogens is 360 g/mol. The van der Waals surface area contributed by atoms with Gasteiger partial charge in [0.05, 0.1) is 11.5 Å². The van der Waals surface area contributed by atoms with E-state index in [1.807, 2.05) is 6.92 Å². The van der Waals surface area contributed by atoms with E-state index in [2.05, 4.69) is 4.99 Å². The van der Waals surface area contributed by atoms with Crippen molar-refractivity contribution >= 4 is 35.2 Å². The minimum absolute atomic E-state index is 0.00572. The van der Waals surface area contributed by atoms with E-state index in [0.717, 1.165) is 11.3 Å². The number of esters is 1. The van der Waals surface area contributed by atoms with Crippen LogP contribution >= 0.6 is 11.6 Å². The molecule has 8 heteroatoms. The van der Waals surface area contributed by atoms with Crippen LogP contribution < -0.4 is 4.74 Å². The summed E-state index contributed by atoms with van der Waals surface area (Å²) in [6.07, 6.45) is 1.56. The first kappa shape index (κ1) is 17.6. The van der Waals surface area contributed by atoms with Crippen molar-refractivity contribution in [3.8, 4) is 5.75 Å². The van der Waals surface area contributed by atoms with Crippen molar-refractivity contribution in [3.05, 3.63) is 74.4 Å². The summed E-state index contributed by atoms with van der Waals surface area (Å²) in [5, 5.41) is 11.0. The predicted octanol–water partition coefficient (Wildman–Crippen LogP) is 3.99. The molecule has 2 aromatic carbocycles. The Bertz CT molecular complexity index is 935. The second-order valence-corrected chi connectivity index (χ2v) is 5.67. The van der Waals surface area contributed by atoms with Crippen LogP contribution in [-0.4, -0.2) is 23.4 Å². The molecule has 26 heavy (non-hydrogen) atoms. The number of nitro benzene ring substituents is 1. The van der Waals surface area contributed by atoms with Gasteiger partial charge in [-0.25, -0.2) is 9.79 Å². The molecule has 0 amide bonds. The second-order valence-electron chi connectivity index (χ2n) is 5.26. The van der Waals surface area contributed by atoms with Gasteiger partial charge in [-0.1, -0.05) is 23.7 Å². The molecule has 2 aromatic rings. The number of nitrogens with zero attached hydrogens (tertiary/aromatic N) is 2. The van der Waals surface area contributed by atoms with E-state index in [1.54, 1.807) is 30.3 Å². The molecule has 0 radical (unpaired) electrons. The van der Waals surface area contributed by atoms with E-state index in [1.165, 1.54) is 18.2 Å². The van der Waals surface area contributed by atoms with Crippen molar-refractivity contribution in [1.82, 2.24) is 0 Å². The SMILES string of the molecule is CCOc1ccc(/C=C2\N=C(c3ccc(Cl)c([N+](=O)[O-])c3)OC2=O)cc1. The molecule has 0 aromatic heterocycles. The molecule has 0 saturated carbocycles. The highest BCUT2D eigenvalue weighted by Crippen LogP contribution is 2.27. The molecule has 0 N–H and O–H groups in total. The zero-order chi connectivity index (χ0) is 18.7. The number of rotatable bonds is 5. The molecular formula is C18H13ClN2O5. The molecule has 0 saturated heterocycles. The second kappa shape index (κ2) is 7.37. The van der Waals surface area contributed by atoms with E-state index in [0.29, 0.717) is 12.2 Å². The zero-order valence-corrected chi connectivity index (χ0v) is 14.4. The van der Waals surface area contributed by atoms with Crippen LogP contribution in [0.15, 0.2) is 53.2 Å². The topological polar surface area (TPSA) is 91.0 Å². The van der Waals surface area contributed by atoms with Gasteiger partial charge in [0.15, 0.2) is 5.70 Å². The molecule has 7 nitrogen and oxygen atoms in total. The van der Waals surface area contributed by atoms with Gasteiger partial charge in [0.25, 0.3) is 5.69 Å². The average molecular weight is 373 g/mol. The number of ether oxygens (including phenoxy) is 2. The monoisotopic (exact) mass is 372 g/mol. The van der Waals surface area contributed by atoms with E-state index < -0.39 is 10.9 Å². The summed E-state index contributed by atoms with van der Waals surface area (Å²) in [6, 6.07) is 11.2. The number of aliphatic imine (C=N–C) groups is 1. The van der Waals surface area contributed by atoms with Gasteiger partial charge in [-0.05, 0) is 42.8 Å². The molecule has 1 aliphatic rings. The van der Waals surface area contributed by atoms with Crippen molar-refractivity contribution in [2.75, 3.05) is 6.61 Å². The van der Waals surface area contributed by atoms with E-state index in [-0.39, 0.29) is 22.3 Å². The molecule has 0 aliphatic carbocycles. The van der Waals surface area contributed by atoms with Gasteiger partial charge in [0.1, 0.15) is 10.8 Å².